The Hall–Kier alpha value is -2.21. The van der Waals surface area contributed by atoms with Crippen molar-refractivity contribution in [3.63, 3.8) is 0 Å². The zero-order chi connectivity index (χ0) is 14.3. The first-order valence-electron chi connectivity index (χ1n) is 5.87. The molecule has 0 spiro atoms. The molecule has 0 saturated carbocycles. The van der Waals surface area contributed by atoms with Gasteiger partial charge in [0.15, 0.2) is 0 Å². The average Bonchev–Trinajstić information content (AvgIpc) is 2.75. The summed E-state index contributed by atoms with van der Waals surface area (Å²) >= 11 is 3.38. The van der Waals surface area contributed by atoms with Gasteiger partial charge in [-0.2, -0.15) is 0 Å². The van der Waals surface area contributed by atoms with Gasteiger partial charge in [-0.1, -0.05) is 0 Å². The number of fused-ring (bicyclic) bond motifs is 1. The highest BCUT2D eigenvalue weighted by Gasteiger charge is 2.12. The maximum atomic E-state index is 11.0. The van der Waals surface area contributed by atoms with Crippen LogP contribution in [0.1, 0.15) is 10.4 Å². The van der Waals surface area contributed by atoms with Crippen LogP contribution in [0.5, 0.6) is 0 Å². The van der Waals surface area contributed by atoms with Crippen LogP contribution < -0.4 is 0 Å². The van der Waals surface area contributed by atoms with Gasteiger partial charge in [-0.3, -0.25) is 4.98 Å². The number of aromatic nitrogens is 3. The highest BCUT2D eigenvalue weighted by atomic mass is 79.9. The summed E-state index contributed by atoms with van der Waals surface area (Å²) in [4.78, 5) is 19.6. The van der Waals surface area contributed by atoms with Crippen LogP contribution in [0.15, 0.2) is 41.1 Å². The molecule has 0 bridgehead atoms. The smallest absolute Gasteiger partial charge is 0.335 e. The monoisotopic (exact) mass is 331 g/mol. The number of imidazole rings is 1. The van der Waals surface area contributed by atoms with Gasteiger partial charge in [-0.25, -0.2) is 9.78 Å². The van der Waals surface area contributed by atoms with Crippen molar-refractivity contribution in [2.75, 3.05) is 0 Å². The van der Waals surface area contributed by atoms with Crippen molar-refractivity contribution < 1.29 is 9.90 Å². The molecule has 0 radical (unpaired) electrons. The van der Waals surface area contributed by atoms with Gasteiger partial charge in [0, 0.05) is 29.5 Å². The number of hydrogen-bond donors (Lipinski definition) is 1. The van der Waals surface area contributed by atoms with Crippen LogP contribution in [-0.4, -0.2) is 25.6 Å². The second-order valence-corrected chi connectivity index (χ2v) is 5.31. The van der Waals surface area contributed by atoms with Crippen molar-refractivity contribution in [1.82, 2.24) is 14.5 Å². The maximum Gasteiger partial charge on any atom is 0.335 e. The van der Waals surface area contributed by atoms with Crippen molar-refractivity contribution in [3.8, 4) is 11.4 Å². The summed E-state index contributed by atoms with van der Waals surface area (Å²) in [6.45, 7) is 0. The summed E-state index contributed by atoms with van der Waals surface area (Å²) in [5.41, 5.74) is 2.64. The molecule has 3 rings (SSSR count). The molecule has 0 amide bonds. The number of halogens is 1. The van der Waals surface area contributed by atoms with E-state index in [1.807, 2.05) is 17.7 Å². The molecule has 2 aromatic heterocycles. The lowest BCUT2D eigenvalue weighted by Gasteiger charge is -2.02. The van der Waals surface area contributed by atoms with Crippen molar-refractivity contribution >= 4 is 32.9 Å². The quantitative estimate of drug-likeness (QED) is 0.783. The predicted molar refractivity (Wildman–Crippen MR) is 78.6 cm³/mol. The largest absolute Gasteiger partial charge is 0.478 e. The Bertz CT molecular complexity index is 826. The van der Waals surface area contributed by atoms with Gasteiger partial charge in [-0.15, -0.1) is 0 Å². The Kier molecular flexibility index (Phi) is 3.02. The molecule has 0 fully saturated rings. The van der Waals surface area contributed by atoms with Crippen LogP contribution >= 0.6 is 15.9 Å². The highest BCUT2D eigenvalue weighted by molar-refractivity contribution is 9.10. The van der Waals surface area contributed by atoms with Crippen LogP contribution in [0.25, 0.3) is 22.4 Å². The summed E-state index contributed by atoms with van der Waals surface area (Å²) in [6.07, 6.45) is 3.43. The molecular weight excluding hydrogens is 322 g/mol. The van der Waals surface area contributed by atoms with E-state index in [2.05, 4.69) is 25.9 Å². The van der Waals surface area contributed by atoms with E-state index >= 15 is 0 Å². The second-order valence-electron chi connectivity index (χ2n) is 4.39. The molecule has 2 heterocycles. The number of carbonyl (C=O) groups is 1. The Morgan fingerprint density at radius 1 is 1.30 bits per heavy atom. The minimum absolute atomic E-state index is 0.231. The van der Waals surface area contributed by atoms with E-state index in [1.165, 1.54) is 0 Å². The first-order chi connectivity index (χ1) is 9.56. The Labute approximate surface area is 123 Å². The van der Waals surface area contributed by atoms with E-state index < -0.39 is 5.97 Å². The third-order valence-electron chi connectivity index (χ3n) is 3.09. The standard InChI is InChI=1S/C14H10BrN3O2/c1-18-12-3-2-8(14(19)20)5-11(12)17-13(18)9-4-10(15)7-16-6-9/h2-7H,1H3,(H,19,20). The normalized spacial score (nSPS) is 10.9. The SMILES string of the molecule is Cn1c(-c2cncc(Br)c2)nc2cc(C(=O)O)ccc21. The number of carboxylic acid groups (broad SMARTS) is 1. The molecule has 1 N–H and O–H groups in total. The number of rotatable bonds is 2. The summed E-state index contributed by atoms with van der Waals surface area (Å²) in [7, 11) is 1.89. The fourth-order valence-electron chi connectivity index (χ4n) is 2.13. The third kappa shape index (κ3) is 2.08. The Balaban J connectivity index is 2.22. The summed E-state index contributed by atoms with van der Waals surface area (Å²) in [5, 5.41) is 9.02. The molecule has 0 atom stereocenters. The minimum atomic E-state index is -0.955. The van der Waals surface area contributed by atoms with E-state index in [0.717, 1.165) is 21.4 Å². The van der Waals surface area contributed by atoms with E-state index in [0.29, 0.717) is 5.52 Å². The van der Waals surface area contributed by atoms with Gasteiger partial charge in [0.25, 0.3) is 0 Å². The predicted octanol–water partition coefficient (Wildman–Crippen LogP) is 3.10. The molecule has 1 aromatic carbocycles. The minimum Gasteiger partial charge on any atom is -0.478 e. The number of benzene rings is 1. The number of aryl methyl sites for hydroxylation is 1. The van der Waals surface area contributed by atoms with Gasteiger partial charge < -0.3 is 9.67 Å². The Morgan fingerprint density at radius 2 is 2.10 bits per heavy atom. The number of aromatic carboxylic acids is 1. The molecule has 0 unspecified atom stereocenters. The lowest BCUT2D eigenvalue weighted by Crippen LogP contribution is -1.96. The highest BCUT2D eigenvalue weighted by Crippen LogP contribution is 2.25. The third-order valence-corrected chi connectivity index (χ3v) is 3.52. The van der Waals surface area contributed by atoms with E-state index in [4.69, 9.17) is 5.11 Å². The molecule has 3 aromatic rings. The molecule has 20 heavy (non-hydrogen) atoms. The summed E-state index contributed by atoms with van der Waals surface area (Å²) in [6, 6.07) is 6.84. The van der Waals surface area contributed by atoms with Gasteiger partial charge in [-0.05, 0) is 40.2 Å². The number of nitrogens with zero attached hydrogens (tertiary/aromatic N) is 3. The van der Waals surface area contributed by atoms with Crippen molar-refractivity contribution in [3.05, 3.63) is 46.7 Å². The molecule has 0 aliphatic carbocycles. The first-order valence-corrected chi connectivity index (χ1v) is 6.66. The fraction of sp³-hybridized carbons (Fsp3) is 0.0714. The van der Waals surface area contributed by atoms with Gasteiger partial charge in [0.1, 0.15) is 5.82 Å². The molecule has 0 aliphatic rings. The van der Waals surface area contributed by atoms with Crippen LogP contribution in [0.2, 0.25) is 0 Å². The molecule has 0 aliphatic heterocycles. The average molecular weight is 332 g/mol. The van der Waals surface area contributed by atoms with Crippen LogP contribution in [0.3, 0.4) is 0 Å². The lowest BCUT2D eigenvalue weighted by molar-refractivity contribution is 0.0697. The molecule has 0 saturated heterocycles. The molecule has 100 valence electrons. The number of pyridine rings is 1. The summed E-state index contributed by atoms with van der Waals surface area (Å²) < 4.78 is 2.79. The van der Waals surface area contributed by atoms with E-state index in [9.17, 15) is 4.79 Å². The number of hydrogen-bond acceptors (Lipinski definition) is 3. The van der Waals surface area contributed by atoms with Crippen LogP contribution in [-0.2, 0) is 7.05 Å². The van der Waals surface area contributed by atoms with Crippen LogP contribution in [0, 0.1) is 0 Å². The number of carboxylic acids is 1. The second kappa shape index (κ2) is 4.72. The van der Waals surface area contributed by atoms with Crippen molar-refractivity contribution in [2.24, 2.45) is 7.05 Å². The summed E-state index contributed by atoms with van der Waals surface area (Å²) in [5.74, 6) is -0.209. The molecular formula is C14H10BrN3O2. The Morgan fingerprint density at radius 3 is 2.80 bits per heavy atom. The van der Waals surface area contributed by atoms with Crippen LogP contribution in [0.4, 0.5) is 0 Å². The zero-order valence-corrected chi connectivity index (χ0v) is 12.1. The molecule has 5 nitrogen and oxygen atoms in total. The lowest BCUT2D eigenvalue weighted by atomic mass is 10.2. The molecule has 6 heteroatoms. The van der Waals surface area contributed by atoms with Gasteiger partial charge >= 0.3 is 5.97 Å². The fourth-order valence-corrected chi connectivity index (χ4v) is 2.49. The van der Waals surface area contributed by atoms with Gasteiger partial charge in [0.2, 0.25) is 0 Å². The topological polar surface area (TPSA) is 68.0 Å². The first kappa shape index (κ1) is 12.8. The van der Waals surface area contributed by atoms with E-state index in [1.54, 1.807) is 30.6 Å². The van der Waals surface area contributed by atoms with Crippen molar-refractivity contribution in [1.29, 1.82) is 0 Å². The van der Waals surface area contributed by atoms with E-state index in [-0.39, 0.29) is 5.56 Å². The van der Waals surface area contributed by atoms with Crippen molar-refractivity contribution in [2.45, 2.75) is 0 Å². The van der Waals surface area contributed by atoms with Gasteiger partial charge in [0.05, 0.1) is 16.6 Å². The zero-order valence-electron chi connectivity index (χ0n) is 10.5. The maximum absolute atomic E-state index is 11.0.